The molecule has 0 amide bonds. The predicted octanol–water partition coefficient (Wildman–Crippen LogP) is 5.55. The SMILES string of the molecule is C=Cc1ccc(-n2c(C)cc(CCCc3ccc(F)cc3F)cc2=O)c(C)c1. The van der Waals surface area contributed by atoms with Gasteiger partial charge in [-0.1, -0.05) is 24.8 Å². The molecule has 0 bridgehead atoms. The van der Waals surface area contributed by atoms with E-state index >= 15 is 0 Å². The Morgan fingerprint density at radius 3 is 2.43 bits per heavy atom. The lowest BCUT2D eigenvalue weighted by molar-refractivity contribution is 0.569. The summed E-state index contributed by atoms with van der Waals surface area (Å²) in [5, 5.41) is 0. The topological polar surface area (TPSA) is 22.0 Å². The van der Waals surface area contributed by atoms with Crippen LogP contribution in [0, 0.1) is 25.5 Å². The number of nitrogens with zero attached hydrogens (tertiary/aromatic N) is 1. The molecular formula is C24H23F2NO. The summed E-state index contributed by atoms with van der Waals surface area (Å²) in [6, 6.07) is 13.1. The molecule has 0 spiro atoms. The molecule has 0 saturated heterocycles. The van der Waals surface area contributed by atoms with Crippen LogP contribution in [0.2, 0.25) is 0 Å². The molecule has 0 saturated carbocycles. The average molecular weight is 379 g/mol. The first-order valence-electron chi connectivity index (χ1n) is 9.29. The molecule has 0 fully saturated rings. The van der Waals surface area contributed by atoms with E-state index < -0.39 is 11.6 Å². The fourth-order valence-corrected chi connectivity index (χ4v) is 3.49. The van der Waals surface area contributed by atoms with Crippen molar-refractivity contribution in [3.05, 3.63) is 105 Å². The van der Waals surface area contributed by atoms with Crippen LogP contribution in [0.1, 0.15) is 34.4 Å². The monoisotopic (exact) mass is 379 g/mol. The summed E-state index contributed by atoms with van der Waals surface area (Å²) in [6.07, 6.45) is 3.61. The van der Waals surface area contributed by atoms with Gasteiger partial charge in [-0.2, -0.15) is 0 Å². The number of hydrogen-bond acceptors (Lipinski definition) is 1. The molecule has 0 radical (unpaired) electrons. The maximum atomic E-state index is 13.7. The zero-order valence-electron chi connectivity index (χ0n) is 16.1. The van der Waals surface area contributed by atoms with Gasteiger partial charge in [0, 0.05) is 17.8 Å². The van der Waals surface area contributed by atoms with Crippen LogP contribution in [0.5, 0.6) is 0 Å². The van der Waals surface area contributed by atoms with E-state index in [0.29, 0.717) is 24.8 Å². The van der Waals surface area contributed by atoms with E-state index in [-0.39, 0.29) is 5.56 Å². The van der Waals surface area contributed by atoms with Crippen molar-refractivity contribution in [3.8, 4) is 5.69 Å². The largest absolute Gasteiger partial charge is 0.281 e. The molecular weight excluding hydrogens is 356 g/mol. The lowest BCUT2D eigenvalue weighted by atomic mass is 10.0. The third-order valence-corrected chi connectivity index (χ3v) is 4.90. The summed E-state index contributed by atoms with van der Waals surface area (Å²) in [5.41, 5.74) is 5.04. The van der Waals surface area contributed by atoms with Gasteiger partial charge in [0.2, 0.25) is 0 Å². The Bertz CT molecular complexity index is 1080. The number of pyridine rings is 1. The van der Waals surface area contributed by atoms with E-state index in [4.69, 9.17) is 0 Å². The van der Waals surface area contributed by atoms with Crippen molar-refractivity contribution in [2.45, 2.75) is 33.1 Å². The lowest BCUT2D eigenvalue weighted by Gasteiger charge is -2.14. The van der Waals surface area contributed by atoms with Crippen LogP contribution >= 0.6 is 0 Å². The molecule has 28 heavy (non-hydrogen) atoms. The van der Waals surface area contributed by atoms with Crippen LogP contribution in [0.15, 0.2) is 59.9 Å². The van der Waals surface area contributed by atoms with Crippen molar-refractivity contribution < 1.29 is 8.78 Å². The van der Waals surface area contributed by atoms with Gasteiger partial charge in [-0.3, -0.25) is 9.36 Å². The van der Waals surface area contributed by atoms with E-state index in [1.807, 2.05) is 38.1 Å². The maximum Gasteiger partial charge on any atom is 0.255 e. The standard InChI is InChI=1S/C24H23F2NO/c1-4-18-8-11-23(16(2)12-18)27-17(3)13-19(14-24(27)28)6-5-7-20-9-10-21(25)15-22(20)26/h4,8-15H,1,5-7H2,2-3H3. The number of hydrogen-bond donors (Lipinski definition) is 0. The molecule has 3 rings (SSSR count). The summed E-state index contributed by atoms with van der Waals surface area (Å²) < 4.78 is 28.4. The highest BCUT2D eigenvalue weighted by Crippen LogP contribution is 2.18. The highest BCUT2D eigenvalue weighted by Gasteiger charge is 2.09. The van der Waals surface area contributed by atoms with E-state index in [0.717, 1.165) is 34.1 Å². The third kappa shape index (κ3) is 4.28. The Hall–Kier alpha value is -3.01. The molecule has 0 atom stereocenters. The van der Waals surface area contributed by atoms with Crippen LogP contribution in [0.4, 0.5) is 8.78 Å². The predicted molar refractivity (Wildman–Crippen MR) is 110 cm³/mol. The van der Waals surface area contributed by atoms with Crippen molar-refractivity contribution in [3.63, 3.8) is 0 Å². The van der Waals surface area contributed by atoms with Gasteiger partial charge in [-0.15, -0.1) is 0 Å². The van der Waals surface area contributed by atoms with Crippen molar-refractivity contribution in [1.82, 2.24) is 4.57 Å². The fraction of sp³-hybridized carbons (Fsp3) is 0.208. The third-order valence-electron chi connectivity index (χ3n) is 4.90. The highest BCUT2D eigenvalue weighted by molar-refractivity contribution is 5.54. The molecule has 0 unspecified atom stereocenters. The van der Waals surface area contributed by atoms with Gasteiger partial charge < -0.3 is 0 Å². The van der Waals surface area contributed by atoms with Gasteiger partial charge in [0.05, 0.1) is 5.69 Å². The first-order chi connectivity index (χ1) is 13.4. The normalized spacial score (nSPS) is 10.9. The maximum absolute atomic E-state index is 13.7. The second-order valence-corrected chi connectivity index (χ2v) is 7.02. The van der Waals surface area contributed by atoms with Gasteiger partial charge in [-0.25, -0.2) is 8.78 Å². The highest BCUT2D eigenvalue weighted by atomic mass is 19.1. The molecule has 0 aliphatic rings. The van der Waals surface area contributed by atoms with Gasteiger partial charge in [0.25, 0.3) is 5.56 Å². The van der Waals surface area contributed by atoms with E-state index in [1.54, 1.807) is 16.7 Å². The second kappa shape index (κ2) is 8.34. The molecule has 3 aromatic rings. The number of aryl methyl sites for hydroxylation is 4. The minimum atomic E-state index is -0.572. The average Bonchev–Trinajstić information content (AvgIpc) is 2.64. The Morgan fingerprint density at radius 2 is 1.79 bits per heavy atom. The van der Waals surface area contributed by atoms with Gasteiger partial charge in [0.1, 0.15) is 11.6 Å². The molecule has 144 valence electrons. The first kappa shape index (κ1) is 19.7. The minimum Gasteiger partial charge on any atom is -0.281 e. The zero-order chi connectivity index (χ0) is 20.3. The van der Waals surface area contributed by atoms with Gasteiger partial charge in [0.15, 0.2) is 0 Å². The number of rotatable bonds is 6. The molecule has 0 aliphatic carbocycles. The van der Waals surface area contributed by atoms with E-state index in [1.165, 1.54) is 12.1 Å². The Labute approximate surface area is 163 Å². The van der Waals surface area contributed by atoms with E-state index in [9.17, 15) is 13.6 Å². The summed E-state index contributed by atoms with van der Waals surface area (Å²) in [5.74, 6) is -1.10. The van der Waals surface area contributed by atoms with Crippen molar-refractivity contribution in [2.24, 2.45) is 0 Å². The summed E-state index contributed by atoms with van der Waals surface area (Å²) in [6.45, 7) is 7.65. The summed E-state index contributed by atoms with van der Waals surface area (Å²) in [4.78, 5) is 12.7. The molecule has 2 nitrogen and oxygen atoms in total. The fourth-order valence-electron chi connectivity index (χ4n) is 3.49. The van der Waals surface area contributed by atoms with Crippen LogP contribution in [-0.2, 0) is 12.8 Å². The molecule has 0 aliphatic heterocycles. The van der Waals surface area contributed by atoms with Crippen LogP contribution in [0.3, 0.4) is 0 Å². The quantitative estimate of drug-likeness (QED) is 0.550. The van der Waals surface area contributed by atoms with E-state index in [2.05, 4.69) is 6.58 Å². The Kier molecular flexibility index (Phi) is 5.88. The first-order valence-corrected chi connectivity index (χ1v) is 9.29. The van der Waals surface area contributed by atoms with Crippen LogP contribution in [-0.4, -0.2) is 4.57 Å². The molecule has 0 N–H and O–H groups in total. The van der Waals surface area contributed by atoms with Gasteiger partial charge >= 0.3 is 0 Å². The number of aromatic nitrogens is 1. The van der Waals surface area contributed by atoms with Crippen LogP contribution in [0.25, 0.3) is 11.8 Å². The second-order valence-electron chi connectivity index (χ2n) is 7.02. The molecule has 1 aromatic heterocycles. The molecule has 1 heterocycles. The van der Waals surface area contributed by atoms with Crippen molar-refractivity contribution >= 4 is 6.08 Å². The number of halogens is 2. The Morgan fingerprint density at radius 1 is 1.00 bits per heavy atom. The van der Waals surface area contributed by atoms with Crippen molar-refractivity contribution in [1.29, 1.82) is 0 Å². The smallest absolute Gasteiger partial charge is 0.255 e. The molecule has 2 aromatic carbocycles. The Balaban J connectivity index is 1.78. The lowest BCUT2D eigenvalue weighted by Crippen LogP contribution is -2.21. The number of benzene rings is 2. The summed E-state index contributed by atoms with van der Waals surface area (Å²) in [7, 11) is 0. The minimum absolute atomic E-state index is 0.0857. The van der Waals surface area contributed by atoms with Gasteiger partial charge in [-0.05, 0) is 79.6 Å². The van der Waals surface area contributed by atoms with Crippen LogP contribution < -0.4 is 5.56 Å². The van der Waals surface area contributed by atoms with Crippen molar-refractivity contribution in [2.75, 3.05) is 0 Å². The molecule has 4 heteroatoms. The zero-order valence-corrected chi connectivity index (χ0v) is 16.1. The summed E-state index contributed by atoms with van der Waals surface area (Å²) >= 11 is 0.